The Labute approximate surface area is 144 Å². The third-order valence-electron chi connectivity index (χ3n) is 4.15. The highest BCUT2D eigenvalue weighted by Gasteiger charge is 2.32. The van der Waals surface area contributed by atoms with E-state index < -0.39 is 0 Å². The molecule has 0 aromatic heterocycles. The third kappa shape index (κ3) is 5.20. The largest absolute Gasteiger partial charge is 0.358 e. The van der Waals surface area contributed by atoms with Crippen molar-refractivity contribution in [2.24, 2.45) is 0 Å². The van der Waals surface area contributed by atoms with Crippen LogP contribution < -0.4 is 10.6 Å². The first-order valence-corrected chi connectivity index (χ1v) is 8.63. The molecule has 0 radical (unpaired) electrons. The number of nitrogens with zero attached hydrogens (tertiary/aromatic N) is 1. The fraction of sp³-hybridized carbons (Fsp3) is 0.556. The molecule has 5 heteroatoms. The van der Waals surface area contributed by atoms with Gasteiger partial charge in [0.1, 0.15) is 0 Å². The van der Waals surface area contributed by atoms with Gasteiger partial charge in [0.05, 0.1) is 0 Å². The molecule has 1 heterocycles. The second-order valence-electron chi connectivity index (χ2n) is 7.08. The van der Waals surface area contributed by atoms with Crippen molar-refractivity contribution in [2.45, 2.75) is 58.5 Å². The Morgan fingerprint density at radius 2 is 2.22 bits per heavy atom. The van der Waals surface area contributed by atoms with Crippen LogP contribution in [0.5, 0.6) is 0 Å². The lowest BCUT2D eigenvalue weighted by molar-refractivity contribution is -0.116. The molecule has 0 aliphatic carbocycles. The summed E-state index contributed by atoms with van der Waals surface area (Å²) in [5.74, 6) is 0.0551. The van der Waals surface area contributed by atoms with Crippen molar-refractivity contribution in [1.82, 2.24) is 10.2 Å². The van der Waals surface area contributed by atoms with Gasteiger partial charge < -0.3 is 15.5 Å². The lowest BCUT2D eigenvalue weighted by atomic mass is 9.93. The second-order valence-corrected chi connectivity index (χ2v) is 7.47. The summed E-state index contributed by atoms with van der Waals surface area (Å²) in [7, 11) is 0. The Kier molecular flexibility index (Phi) is 5.63. The zero-order valence-electron chi connectivity index (χ0n) is 14.5. The number of hydrogen-bond donors (Lipinski definition) is 2. The van der Waals surface area contributed by atoms with Gasteiger partial charge in [0.2, 0.25) is 5.91 Å². The van der Waals surface area contributed by atoms with Gasteiger partial charge in [-0.05, 0) is 70.5 Å². The molecule has 0 unspecified atom stereocenters. The van der Waals surface area contributed by atoms with Crippen LogP contribution in [0.15, 0.2) is 24.3 Å². The Morgan fingerprint density at radius 1 is 1.48 bits per heavy atom. The molecule has 2 rings (SSSR count). The van der Waals surface area contributed by atoms with Crippen LogP contribution in [0, 0.1) is 6.92 Å². The number of aryl methyl sites for hydroxylation is 1. The molecular formula is C18H27N3OS. The number of benzene rings is 1. The molecule has 1 saturated heterocycles. The van der Waals surface area contributed by atoms with Gasteiger partial charge in [0, 0.05) is 30.2 Å². The Balaban J connectivity index is 1.78. The van der Waals surface area contributed by atoms with Gasteiger partial charge in [-0.2, -0.15) is 0 Å². The molecule has 1 aliphatic heterocycles. The van der Waals surface area contributed by atoms with E-state index in [1.165, 1.54) is 0 Å². The second kappa shape index (κ2) is 7.30. The van der Waals surface area contributed by atoms with Crippen LogP contribution in [0.1, 0.15) is 45.6 Å². The van der Waals surface area contributed by atoms with Gasteiger partial charge in [-0.15, -0.1) is 0 Å². The van der Waals surface area contributed by atoms with Gasteiger partial charge in [-0.3, -0.25) is 4.79 Å². The molecule has 1 fully saturated rings. The Morgan fingerprint density at radius 3 is 2.87 bits per heavy atom. The van der Waals surface area contributed by atoms with Gasteiger partial charge >= 0.3 is 0 Å². The quantitative estimate of drug-likeness (QED) is 0.810. The van der Waals surface area contributed by atoms with E-state index in [9.17, 15) is 4.79 Å². The van der Waals surface area contributed by atoms with Gasteiger partial charge in [0.25, 0.3) is 0 Å². The highest BCUT2D eigenvalue weighted by molar-refractivity contribution is 7.80. The molecule has 1 atom stereocenters. The maximum Gasteiger partial charge on any atom is 0.224 e. The molecule has 0 bridgehead atoms. The summed E-state index contributed by atoms with van der Waals surface area (Å²) >= 11 is 5.47. The van der Waals surface area contributed by atoms with Gasteiger partial charge in [-0.25, -0.2) is 0 Å². The number of hydrogen-bond acceptors (Lipinski definition) is 2. The molecule has 1 amide bonds. The highest BCUT2D eigenvalue weighted by Crippen LogP contribution is 2.22. The number of nitrogens with one attached hydrogen (secondary N) is 2. The first-order valence-electron chi connectivity index (χ1n) is 8.22. The van der Waals surface area contributed by atoms with E-state index in [1.807, 2.05) is 31.2 Å². The van der Waals surface area contributed by atoms with E-state index in [1.54, 1.807) is 0 Å². The Bertz CT molecular complexity index is 585. The van der Waals surface area contributed by atoms with Crippen LogP contribution in [0.4, 0.5) is 5.69 Å². The van der Waals surface area contributed by atoms with E-state index in [2.05, 4.69) is 36.3 Å². The predicted molar refractivity (Wildman–Crippen MR) is 99.6 cm³/mol. The SMILES string of the molecule is Cc1cccc(NC(=O)CCCN2C(=S)NC(C)(C)C[C@H]2C)c1. The summed E-state index contributed by atoms with van der Waals surface area (Å²) in [5.41, 5.74) is 2.06. The zero-order valence-corrected chi connectivity index (χ0v) is 15.3. The van der Waals surface area contributed by atoms with Crippen molar-refractivity contribution in [1.29, 1.82) is 0 Å². The molecule has 1 aliphatic rings. The smallest absolute Gasteiger partial charge is 0.224 e. The number of carbonyl (C=O) groups is 1. The van der Waals surface area contributed by atoms with Crippen LogP contribution in [0.25, 0.3) is 0 Å². The topological polar surface area (TPSA) is 44.4 Å². The van der Waals surface area contributed by atoms with E-state index in [-0.39, 0.29) is 11.4 Å². The number of carbonyl (C=O) groups excluding carboxylic acids is 1. The maximum absolute atomic E-state index is 12.1. The average Bonchev–Trinajstić information content (AvgIpc) is 2.40. The van der Waals surface area contributed by atoms with E-state index in [4.69, 9.17) is 12.2 Å². The van der Waals surface area contributed by atoms with E-state index >= 15 is 0 Å². The third-order valence-corrected chi connectivity index (χ3v) is 4.49. The highest BCUT2D eigenvalue weighted by atomic mass is 32.1. The number of thiocarbonyl (C=S) groups is 1. The minimum absolute atomic E-state index is 0.0511. The molecule has 0 spiro atoms. The van der Waals surface area contributed by atoms with Crippen molar-refractivity contribution >= 4 is 28.9 Å². The van der Waals surface area contributed by atoms with E-state index in [0.29, 0.717) is 12.5 Å². The summed E-state index contributed by atoms with van der Waals surface area (Å²) in [4.78, 5) is 14.2. The van der Waals surface area contributed by atoms with Crippen LogP contribution in [0.2, 0.25) is 0 Å². The first-order chi connectivity index (χ1) is 10.8. The fourth-order valence-electron chi connectivity index (χ4n) is 3.14. The molecule has 2 N–H and O–H groups in total. The molecule has 126 valence electrons. The zero-order chi connectivity index (χ0) is 17.0. The van der Waals surface area contributed by atoms with Crippen LogP contribution in [-0.4, -0.2) is 34.0 Å². The van der Waals surface area contributed by atoms with Crippen molar-refractivity contribution in [3.63, 3.8) is 0 Å². The monoisotopic (exact) mass is 333 g/mol. The lowest BCUT2D eigenvalue weighted by Crippen LogP contribution is -2.60. The van der Waals surface area contributed by atoms with Gasteiger partial charge in [0.15, 0.2) is 5.11 Å². The number of rotatable bonds is 5. The molecule has 4 nitrogen and oxygen atoms in total. The molecule has 0 saturated carbocycles. The predicted octanol–water partition coefficient (Wildman–Crippen LogP) is 3.46. The minimum atomic E-state index is 0.0511. The minimum Gasteiger partial charge on any atom is -0.358 e. The standard InChI is InChI=1S/C18H27N3OS/c1-13-7-5-8-15(11-13)19-16(22)9-6-10-21-14(2)12-18(3,4)20-17(21)23/h5,7-8,11,14H,6,9-10,12H2,1-4H3,(H,19,22)(H,20,23)/t14-/m1/s1. The average molecular weight is 334 g/mol. The first kappa shape index (κ1) is 17.7. The summed E-state index contributed by atoms with van der Waals surface area (Å²) in [6, 6.07) is 8.26. The maximum atomic E-state index is 12.1. The fourth-order valence-corrected chi connectivity index (χ4v) is 3.69. The van der Waals surface area contributed by atoms with Crippen molar-refractivity contribution < 1.29 is 4.79 Å². The van der Waals surface area contributed by atoms with Crippen LogP contribution in [-0.2, 0) is 4.79 Å². The van der Waals surface area contributed by atoms with Crippen molar-refractivity contribution in [3.8, 4) is 0 Å². The summed E-state index contributed by atoms with van der Waals surface area (Å²) in [6.07, 6.45) is 2.34. The molecule has 1 aromatic rings. The van der Waals surface area contributed by atoms with Crippen molar-refractivity contribution in [3.05, 3.63) is 29.8 Å². The number of amides is 1. The summed E-state index contributed by atoms with van der Waals surface area (Å²) in [5, 5.41) is 7.13. The normalized spacial score (nSPS) is 20.1. The van der Waals surface area contributed by atoms with Gasteiger partial charge in [-0.1, -0.05) is 12.1 Å². The molecule has 23 heavy (non-hydrogen) atoms. The molecular weight excluding hydrogens is 306 g/mol. The number of anilines is 1. The Hall–Kier alpha value is -1.62. The van der Waals surface area contributed by atoms with Crippen LogP contribution in [0.3, 0.4) is 0 Å². The molecule has 1 aromatic carbocycles. The lowest BCUT2D eigenvalue weighted by Gasteiger charge is -2.44. The summed E-state index contributed by atoms with van der Waals surface area (Å²) < 4.78 is 0. The van der Waals surface area contributed by atoms with E-state index in [0.717, 1.165) is 35.7 Å². The van der Waals surface area contributed by atoms with Crippen LogP contribution >= 0.6 is 12.2 Å². The van der Waals surface area contributed by atoms with Crippen molar-refractivity contribution in [2.75, 3.05) is 11.9 Å². The summed E-state index contributed by atoms with van der Waals surface area (Å²) in [6.45, 7) is 9.36.